The Balaban J connectivity index is 1.69. The number of hydrogen-bond acceptors (Lipinski definition) is 4. The first kappa shape index (κ1) is 14.7. The van der Waals surface area contributed by atoms with Crippen LogP contribution in [0.3, 0.4) is 0 Å². The Labute approximate surface area is 129 Å². The smallest absolute Gasteiger partial charge is 0.287 e. The lowest BCUT2D eigenvalue weighted by atomic mass is 9.76. The summed E-state index contributed by atoms with van der Waals surface area (Å²) in [4.78, 5) is 23.6. The predicted molar refractivity (Wildman–Crippen MR) is 81.3 cm³/mol. The monoisotopic (exact) mass is 300 g/mol. The molecule has 1 amide bonds. The van der Waals surface area contributed by atoms with Crippen molar-refractivity contribution in [3.8, 4) is 0 Å². The van der Waals surface area contributed by atoms with Crippen molar-refractivity contribution in [2.75, 3.05) is 0 Å². The maximum atomic E-state index is 12.3. The number of nitrogens with zero attached hydrogens (tertiary/aromatic N) is 2. The fraction of sp³-hybridized carbons (Fsp3) is 0.438. The minimum atomic E-state index is -0.251. The lowest BCUT2D eigenvalue weighted by Gasteiger charge is -2.37. The van der Waals surface area contributed by atoms with Crippen molar-refractivity contribution in [3.05, 3.63) is 47.8 Å². The van der Waals surface area contributed by atoms with E-state index in [2.05, 4.69) is 20.3 Å². The highest BCUT2D eigenvalue weighted by Gasteiger charge is 2.35. The Morgan fingerprint density at radius 3 is 2.86 bits per heavy atom. The first-order valence-electron chi connectivity index (χ1n) is 7.52. The van der Waals surface area contributed by atoms with E-state index in [9.17, 15) is 9.90 Å². The zero-order chi connectivity index (χ0) is 15.5. The highest BCUT2D eigenvalue weighted by Crippen LogP contribution is 2.31. The molecule has 0 bridgehead atoms. The van der Waals surface area contributed by atoms with Gasteiger partial charge in [0.1, 0.15) is 0 Å². The minimum Gasteiger partial charge on any atom is -0.393 e. The summed E-state index contributed by atoms with van der Waals surface area (Å²) in [6, 6.07) is 5.71. The maximum Gasteiger partial charge on any atom is 0.287 e. The normalized spacial score (nSPS) is 21.9. The number of pyridine rings is 1. The fourth-order valence-electron chi connectivity index (χ4n) is 2.80. The van der Waals surface area contributed by atoms with Crippen molar-refractivity contribution >= 4 is 5.91 Å². The maximum absolute atomic E-state index is 12.3. The highest BCUT2D eigenvalue weighted by molar-refractivity contribution is 5.90. The molecule has 0 spiro atoms. The number of aromatic amines is 1. The van der Waals surface area contributed by atoms with Crippen LogP contribution in [0.25, 0.3) is 0 Å². The van der Waals surface area contributed by atoms with Gasteiger partial charge in [-0.25, -0.2) is 4.98 Å². The summed E-state index contributed by atoms with van der Waals surface area (Å²) in [6.07, 6.45) is 5.22. The molecular weight excluding hydrogens is 280 g/mol. The van der Waals surface area contributed by atoms with E-state index >= 15 is 0 Å². The van der Waals surface area contributed by atoms with Crippen molar-refractivity contribution in [1.82, 2.24) is 20.3 Å². The average molecular weight is 300 g/mol. The second-order valence-electron chi connectivity index (χ2n) is 5.91. The highest BCUT2D eigenvalue weighted by atomic mass is 16.3. The number of aliphatic hydroxyl groups is 1. The van der Waals surface area contributed by atoms with Crippen LogP contribution in [-0.2, 0) is 6.42 Å². The number of hydrogen-bond donors (Lipinski definition) is 3. The standard InChI is InChI=1S/C16H20N4O2/c1-10-9-18-15(19-10)16(22)20-14(11-6-13(21)7-11)8-12-4-2-3-5-17-12/h2-5,9,11,13-14,21H,6-8H2,1H3,(H,18,19)(H,20,22). The summed E-state index contributed by atoms with van der Waals surface area (Å²) in [5.74, 6) is 0.385. The van der Waals surface area contributed by atoms with Gasteiger partial charge in [0.25, 0.3) is 5.91 Å². The summed E-state index contributed by atoms with van der Waals surface area (Å²) >= 11 is 0. The molecule has 3 rings (SSSR count). The number of carbonyl (C=O) groups is 1. The Bertz CT molecular complexity index is 635. The van der Waals surface area contributed by atoms with E-state index in [4.69, 9.17) is 0 Å². The van der Waals surface area contributed by atoms with Crippen molar-refractivity contribution < 1.29 is 9.90 Å². The number of aromatic nitrogens is 3. The van der Waals surface area contributed by atoms with Crippen LogP contribution in [0, 0.1) is 12.8 Å². The first-order chi connectivity index (χ1) is 10.6. The summed E-state index contributed by atoms with van der Waals surface area (Å²) in [6.45, 7) is 1.86. The van der Waals surface area contributed by atoms with E-state index in [0.29, 0.717) is 12.2 Å². The number of amides is 1. The van der Waals surface area contributed by atoms with Crippen molar-refractivity contribution in [3.63, 3.8) is 0 Å². The van der Waals surface area contributed by atoms with Crippen molar-refractivity contribution in [2.45, 2.75) is 38.3 Å². The van der Waals surface area contributed by atoms with Crippen LogP contribution in [0.4, 0.5) is 0 Å². The van der Waals surface area contributed by atoms with Gasteiger partial charge in [-0.05, 0) is 37.8 Å². The third-order valence-electron chi connectivity index (χ3n) is 4.11. The molecule has 3 N–H and O–H groups in total. The van der Waals surface area contributed by atoms with E-state index in [0.717, 1.165) is 24.2 Å². The number of imidazole rings is 1. The molecule has 1 unspecified atom stereocenters. The van der Waals surface area contributed by atoms with Crippen LogP contribution in [0.5, 0.6) is 0 Å². The molecule has 0 aromatic carbocycles. The Kier molecular flexibility index (Phi) is 4.20. The Morgan fingerprint density at radius 1 is 1.45 bits per heavy atom. The van der Waals surface area contributed by atoms with Gasteiger partial charge in [0, 0.05) is 36.2 Å². The zero-order valence-corrected chi connectivity index (χ0v) is 12.5. The van der Waals surface area contributed by atoms with E-state index in [1.807, 2.05) is 25.1 Å². The molecule has 0 aliphatic heterocycles. The second-order valence-corrected chi connectivity index (χ2v) is 5.91. The number of aliphatic hydroxyl groups excluding tert-OH is 1. The molecular formula is C16H20N4O2. The van der Waals surface area contributed by atoms with Crippen LogP contribution in [0.15, 0.2) is 30.6 Å². The van der Waals surface area contributed by atoms with E-state index in [1.54, 1.807) is 12.4 Å². The summed E-state index contributed by atoms with van der Waals surface area (Å²) < 4.78 is 0. The minimum absolute atomic E-state index is 0.0452. The molecule has 2 heterocycles. The van der Waals surface area contributed by atoms with Crippen LogP contribution in [0.1, 0.15) is 34.8 Å². The lowest BCUT2D eigenvalue weighted by Crippen LogP contribution is -2.48. The molecule has 1 saturated carbocycles. The number of aryl methyl sites for hydroxylation is 1. The molecule has 1 fully saturated rings. The zero-order valence-electron chi connectivity index (χ0n) is 12.5. The first-order valence-corrected chi connectivity index (χ1v) is 7.52. The number of H-pyrrole nitrogens is 1. The quantitative estimate of drug-likeness (QED) is 0.774. The largest absolute Gasteiger partial charge is 0.393 e. The molecule has 6 nitrogen and oxygen atoms in total. The third-order valence-corrected chi connectivity index (χ3v) is 4.11. The molecule has 1 atom stereocenters. The van der Waals surface area contributed by atoms with Gasteiger partial charge in [-0.1, -0.05) is 6.07 Å². The fourth-order valence-corrected chi connectivity index (χ4v) is 2.80. The van der Waals surface area contributed by atoms with Crippen LogP contribution >= 0.6 is 0 Å². The van der Waals surface area contributed by atoms with E-state index in [-0.39, 0.29) is 24.0 Å². The number of nitrogens with one attached hydrogen (secondary N) is 2. The average Bonchev–Trinajstić information content (AvgIpc) is 2.91. The van der Waals surface area contributed by atoms with Crippen LogP contribution < -0.4 is 5.32 Å². The topological polar surface area (TPSA) is 90.9 Å². The van der Waals surface area contributed by atoms with Gasteiger partial charge in [-0.15, -0.1) is 0 Å². The van der Waals surface area contributed by atoms with E-state index < -0.39 is 0 Å². The van der Waals surface area contributed by atoms with Gasteiger partial charge < -0.3 is 15.4 Å². The van der Waals surface area contributed by atoms with Crippen LogP contribution in [-0.4, -0.2) is 38.1 Å². The Hall–Kier alpha value is -2.21. The van der Waals surface area contributed by atoms with E-state index in [1.165, 1.54) is 0 Å². The van der Waals surface area contributed by atoms with Gasteiger partial charge in [0.05, 0.1) is 6.10 Å². The lowest BCUT2D eigenvalue weighted by molar-refractivity contribution is 0.0237. The molecule has 1 aliphatic carbocycles. The van der Waals surface area contributed by atoms with Gasteiger partial charge in [0.2, 0.25) is 0 Å². The number of carbonyl (C=O) groups excluding carboxylic acids is 1. The summed E-state index contributed by atoms with van der Waals surface area (Å²) in [5, 5.41) is 12.6. The molecule has 0 radical (unpaired) electrons. The van der Waals surface area contributed by atoms with Gasteiger partial charge in [0.15, 0.2) is 5.82 Å². The number of rotatable bonds is 5. The van der Waals surface area contributed by atoms with Crippen molar-refractivity contribution in [1.29, 1.82) is 0 Å². The second kappa shape index (κ2) is 6.27. The molecule has 116 valence electrons. The predicted octanol–water partition coefficient (Wildman–Crippen LogP) is 1.23. The van der Waals surface area contributed by atoms with Gasteiger partial charge >= 0.3 is 0 Å². The molecule has 0 saturated heterocycles. The molecule has 2 aromatic heterocycles. The third kappa shape index (κ3) is 3.33. The van der Waals surface area contributed by atoms with Crippen molar-refractivity contribution in [2.24, 2.45) is 5.92 Å². The van der Waals surface area contributed by atoms with Gasteiger partial charge in [-0.2, -0.15) is 0 Å². The summed E-state index contributed by atoms with van der Waals surface area (Å²) in [7, 11) is 0. The SMILES string of the molecule is Cc1cnc(C(=O)NC(Cc2ccccn2)C2CC(O)C2)[nH]1. The molecule has 6 heteroatoms. The van der Waals surface area contributed by atoms with Gasteiger partial charge in [-0.3, -0.25) is 9.78 Å². The molecule has 2 aromatic rings. The summed E-state index contributed by atoms with van der Waals surface area (Å²) in [5.41, 5.74) is 1.79. The van der Waals surface area contributed by atoms with Crippen LogP contribution in [0.2, 0.25) is 0 Å². The molecule has 1 aliphatic rings. The Morgan fingerprint density at radius 2 is 2.27 bits per heavy atom. The molecule has 22 heavy (non-hydrogen) atoms.